The monoisotopic (exact) mass is 412 g/mol. The third-order valence-electron chi connectivity index (χ3n) is 4.98. The van der Waals surface area contributed by atoms with E-state index in [1.807, 2.05) is 54.7 Å². The van der Waals surface area contributed by atoms with Crippen LogP contribution in [0, 0.1) is 0 Å². The van der Waals surface area contributed by atoms with E-state index in [2.05, 4.69) is 34.8 Å². The minimum Gasteiger partial charge on any atom is -0.299 e. The number of rotatable bonds is 5. The lowest BCUT2D eigenvalue weighted by molar-refractivity contribution is 0.667. The standard InChI is InChI=1S/C21H16N8S/c1-2-5-14(6-3-1)17-11-18(29-20(25-17)23-13-24-29)30-21-27-26-19(28(21)16-8-9-16)15-7-4-10-22-12-15/h1-7,10-13,16H,8-9H2. The molecule has 1 aliphatic rings. The minimum absolute atomic E-state index is 0.416. The molecule has 4 aromatic heterocycles. The molecule has 146 valence electrons. The summed E-state index contributed by atoms with van der Waals surface area (Å²) < 4.78 is 3.96. The summed E-state index contributed by atoms with van der Waals surface area (Å²) in [5.74, 6) is 1.41. The molecular weight excluding hydrogens is 396 g/mol. The lowest BCUT2D eigenvalue weighted by atomic mass is 10.1. The Hall–Kier alpha value is -3.59. The molecular formula is C21H16N8S. The van der Waals surface area contributed by atoms with Gasteiger partial charge >= 0.3 is 0 Å². The lowest BCUT2D eigenvalue weighted by Crippen LogP contribution is -2.02. The quantitative estimate of drug-likeness (QED) is 0.404. The van der Waals surface area contributed by atoms with Crippen molar-refractivity contribution in [1.29, 1.82) is 0 Å². The summed E-state index contributed by atoms with van der Waals surface area (Å²) in [5, 5.41) is 15.1. The Balaban J connectivity index is 1.46. The second kappa shape index (κ2) is 7.03. The zero-order chi connectivity index (χ0) is 19.9. The number of aromatic nitrogens is 8. The average molecular weight is 412 g/mol. The molecule has 1 aromatic carbocycles. The second-order valence-electron chi connectivity index (χ2n) is 7.07. The molecule has 0 spiro atoms. The maximum Gasteiger partial charge on any atom is 0.253 e. The van der Waals surface area contributed by atoms with Crippen molar-refractivity contribution in [1.82, 2.24) is 39.3 Å². The van der Waals surface area contributed by atoms with E-state index in [1.165, 1.54) is 18.1 Å². The van der Waals surface area contributed by atoms with Crippen LogP contribution in [0.5, 0.6) is 0 Å². The maximum absolute atomic E-state index is 4.66. The van der Waals surface area contributed by atoms with E-state index >= 15 is 0 Å². The zero-order valence-electron chi connectivity index (χ0n) is 15.8. The van der Waals surface area contributed by atoms with Crippen LogP contribution in [0.25, 0.3) is 28.4 Å². The number of nitrogens with zero attached hydrogens (tertiary/aromatic N) is 8. The molecule has 0 bridgehead atoms. The highest BCUT2D eigenvalue weighted by molar-refractivity contribution is 7.99. The van der Waals surface area contributed by atoms with Gasteiger partial charge in [0.05, 0.1) is 5.69 Å². The molecule has 6 rings (SSSR count). The molecule has 0 unspecified atom stereocenters. The summed E-state index contributed by atoms with van der Waals surface area (Å²) in [7, 11) is 0. The van der Waals surface area contributed by atoms with Gasteiger partial charge in [0.25, 0.3) is 5.78 Å². The van der Waals surface area contributed by atoms with Crippen molar-refractivity contribution in [2.75, 3.05) is 0 Å². The predicted molar refractivity (Wildman–Crippen MR) is 112 cm³/mol. The number of fused-ring (bicyclic) bond motifs is 1. The fourth-order valence-corrected chi connectivity index (χ4v) is 4.40. The molecule has 0 radical (unpaired) electrons. The Morgan fingerprint density at radius 2 is 1.83 bits per heavy atom. The smallest absolute Gasteiger partial charge is 0.253 e. The molecule has 5 aromatic rings. The van der Waals surface area contributed by atoms with Gasteiger partial charge in [-0.25, -0.2) is 4.98 Å². The van der Waals surface area contributed by atoms with E-state index in [0.29, 0.717) is 11.8 Å². The predicted octanol–water partition coefficient (Wildman–Crippen LogP) is 3.93. The van der Waals surface area contributed by atoms with Crippen LogP contribution in [-0.4, -0.2) is 39.3 Å². The van der Waals surface area contributed by atoms with Crippen LogP contribution in [0.4, 0.5) is 0 Å². The molecule has 9 heteroatoms. The summed E-state index contributed by atoms with van der Waals surface area (Å²) in [6.07, 6.45) is 7.37. The number of hydrogen-bond acceptors (Lipinski definition) is 7. The van der Waals surface area contributed by atoms with Crippen molar-refractivity contribution in [3.63, 3.8) is 0 Å². The Kier molecular flexibility index (Phi) is 4.05. The van der Waals surface area contributed by atoms with Gasteiger partial charge in [0, 0.05) is 29.6 Å². The van der Waals surface area contributed by atoms with Crippen LogP contribution in [-0.2, 0) is 0 Å². The van der Waals surface area contributed by atoms with Crippen molar-refractivity contribution in [3.05, 3.63) is 67.3 Å². The third-order valence-corrected chi connectivity index (χ3v) is 5.94. The Labute approximate surface area is 176 Å². The Morgan fingerprint density at radius 1 is 0.967 bits per heavy atom. The first-order valence-electron chi connectivity index (χ1n) is 9.66. The molecule has 1 saturated carbocycles. The van der Waals surface area contributed by atoms with Crippen molar-refractivity contribution >= 4 is 17.5 Å². The first kappa shape index (κ1) is 17.3. The molecule has 0 saturated heterocycles. The van der Waals surface area contributed by atoms with Gasteiger partial charge in [0.1, 0.15) is 11.4 Å². The first-order valence-corrected chi connectivity index (χ1v) is 10.5. The second-order valence-corrected chi connectivity index (χ2v) is 8.06. The fraction of sp³-hybridized carbons (Fsp3) is 0.143. The van der Waals surface area contributed by atoms with Gasteiger partial charge in [-0.3, -0.25) is 9.55 Å². The van der Waals surface area contributed by atoms with Gasteiger partial charge in [0.2, 0.25) is 0 Å². The summed E-state index contributed by atoms with van der Waals surface area (Å²) in [6, 6.07) is 16.4. The Morgan fingerprint density at radius 3 is 2.63 bits per heavy atom. The van der Waals surface area contributed by atoms with Gasteiger partial charge in [-0.2, -0.15) is 14.6 Å². The zero-order valence-corrected chi connectivity index (χ0v) is 16.6. The summed E-state index contributed by atoms with van der Waals surface area (Å²) in [6.45, 7) is 0. The van der Waals surface area contributed by atoms with Gasteiger partial charge in [-0.05, 0) is 42.8 Å². The van der Waals surface area contributed by atoms with Gasteiger partial charge in [0.15, 0.2) is 11.0 Å². The van der Waals surface area contributed by atoms with E-state index < -0.39 is 0 Å². The highest BCUT2D eigenvalue weighted by atomic mass is 32.2. The Bertz CT molecular complexity index is 1330. The molecule has 30 heavy (non-hydrogen) atoms. The number of benzene rings is 1. The highest BCUT2D eigenvalue weighted by Gasteiger charge is 2.31. The van der Waals surface area contributed by atoms with E-state index in [-0.39, 0.29) is 0 Å². The molecule has 8 nitrogen and oxygen atoms in total. The number of hydrogen-bond donors (Lipinski definition) is 0. The topological polar surface area (TPSA) is 86.7 Å². The van der Waals surface area contributed by atoms with E-state index in [9.17, 15) is 0 Å². The van der Waals surface area contributed by atoms with Gasteiger partial charge < -0.3 is 0 Å². The lowest BCUT2D eigenvalue weighted by Gasteiger charge is -2.10. The summed E-state index contributed by atoms with van der Waals surface area (Å²) in [4.78, 5) is 13.2. The molecule has 0 aliphatic heterocycles. The van der Waals surface area contributed by atoms with Crippen LogP contribution in [0.3, 0.4) is 0 Å². The van der Waals surface area contributed by atoms with Crippen LogP contribution in [0.15, 0.2) is 77.4 Å². The molecule has 1 fully saturated rings. The van der Waals surface area contributed by atoms with Gasteiger partial charge in [-0.1, -0.05) is 30.3 Å². The van der Waals surface area contributed by atoms with E-state index in [4.69, 9.17) is 0 Å². The van der Waals surface area contributed by atoms with E-state index in [1.54, 1.807) is 10.7 Å². The van der Waals surface area contributed by atoms with Crippen LogP contribution < -0.4 is 0 Å². The molecule has 0 N–H and O–H groups in total. The largest absolute Gasteiger partial charge is 0.299 e. The van der Waals surface area contributed by atoms with Crippen LogP contribution in [0.2, 0.25) is 0 Å². The van der Waals surface area contributed by atoms with E-state index in [0.717, 1.165) is 45.7 Å². The number of pyridine rings is 1. The molecule has 0 atom stereocenters. The van der Waals surface area contributed by atoms with Crippen molar-refractivity contribution in [2.45, 2.75) is 29.1 Å². The summed E-state index contributed by atoms with van der Waals surface area (Å²) in [5.41, 5.74) is 2.85. The molecule has 0 amide bonds. The van der Waals surface area contributed by atoms with Gasteiger partial charge in [-0.15, -0.1) is 10.2 Å². The normalized spacial score (nSPS) is 13.7. The molecule has 4 heterocycles. The highest BCUT2D eigenvalue weighted by Crippen LogP contribution is 2.42. The minimum atomic E-state index is 0.416. The van der Waals surface area contributed by atoms with Crippen LogP contribution >= 0.6 is 11.8 Å². The fourth-order valence-electron chi connectivity index (χ4n) is 3.41. The SMILES string of the molecule is c1ccc(-c2cc(Sc3nnc(-c4cccnc4)n3C3CC3)n3ncnc3n2)cc1. The van der Waals surface area contributed by atoms with Crippen molar-refractivity contribution in [3.8, 4) is 22.6 Å². The van der Waals surface area contributed by atoms with Crippen LogP contribution in [0.1, 0.15) is 18.9 Å². The third kappa shape index (κ3) is 3.03. The summed E-state index contributed by atoms with van der Waals surface area (Å²) >= 11 is 1.53. The molecule has 1 aliphatic carbocycles. The first-order chi connectivity index (χ1) is 14.9. The van der Waals surface area contributed by atoms with Crippen molar-refractivity contribution in [2.24, 2.45) is 0 Å². The van der Waals surface area contributed by atoms with Crippen molar-refractivity contribution < 1.29 is 0 Å². The average Bonchev–Trinajstić information content (AvgIpc) is 3.37. The maximum atomic E-state index is 4.66.